The molecule has 0 saturated carbocycles. The van der Waals surface area contributed by atoms with Crippen molar-refractivity contribution >= 4 is 17.0 Å². The van der Waals surface area contributed by atoms with Gasteiger partial charge in [0, 0.05) is 12.7 Å². The monoisotopic (exact) mass is 335 g/mol. The second-order valence-corrected chi connectivity index (χ2v) is 4.98. The molecular weight excluding hydrogens is 320 g/mol. The zero-order valence-electron chi connectivity index (χ0n) is 12.9. The van der Waals surface area contributed by atoms with E-state index in [2.05, 4.69) is 15.0 Å². The van der Waals surface area contributed by atoms with Crippen molar-refractivity contribution in [3.05, 3.63) is 41.7 Å². The van der Waals surface area contributed by atoms with Crippen LogP contribution in [0.2, 0.25) is 0 Å². The van der Waals surface area contributed by atoms with Crippen molar-refractivity contribution in [2.75, 3.05) is 26.1 Å². The number of benzene rings is 1. The molecular formula is C15H15F2N5O2. The number of anilines is 1. The van der Waals surface area contributed by atoms with E-state index in [1.54, 1.807) is 7.11 Å². The molecule has 0 atom stereocenters. The molecule has 1 aromatic carbocycles. The minimum Gasteiger partial charge on any atom is -0.461 e. The fourth-order valence-electron chi connectivity index (χ4n) is 2.20. The molecule has 24 heavy (non-hydrogen) atoms. The highest BCUT2D eigenvalue weighted by atomic mass is 19.1. The largest absolute Gasteiger partial charge is 0.461 e. The third-order valence-corrected chi connectivity index (χ3v) is 3.38. The van der Waals surface area contributed by atoms with Crippen LogP contribution in [0.1, 0.15) is 5.56 Å². The highest BCUT2D eigenvalue weighted by Crippen LogP contribution is 2.21. The maximum absolute atomic E-state index is 13.8. The van der Waals surface area contributed by atoms with E-state index in [-0.39, 0.29) is 30.5 Å². The average Bonchev–Trinajstić information content (AvgIpc) is 2.95. The third-order valence-electron chi connectivity index (χ3n) is 3.38. The summed E-state index contributed by atoms with van der Waals surface area (Å²) in [4.78, 5) is 12.3. The number of imidazole rings is 1. The zero-order valence-corrected chi connectivity index (χ0v) is 12.9. The van der Waals surface area contributed by atoms with Gasteiger partial charge in [-0.15, -0.1) is 0 Å². The lowest BCUT2D eigenvalue weighted by molar-refractivity contribution is 0.141. The highest BCUT2D eigenvalue weighted by molar-refractivity contribution is 5.81. The normalized spacial score (nSPS) is 11.1. The SMILES string of the molecule is COCCOc1nc(N)c2ncn(Cc3c(F)cccc3F)c2n1. The Morgan fingerprint density at radius 1 is 1.17 bits per heavy atom. The predicted molar refractivity (Wildman–Crippen MR) is 82.6 cm³/mol. The molecule has 2 heterocycles. The van der Waals surface area contributed by atoms with Crippen LogP contribution in [-0.4, -0.2) is 39.8 Å². The van der Waals surface area contributed by atoms with Crippen LogP contribution < -0.4 is 10.5 Å². The van der Waals surface area contributed by atoms with Crippen LogP contribution in [0.5, 0.6) is 6.01 Å². The van der Waals surface area contributed by atoms with E-state index < -0.39 is 11.6 Å². The number of hydrogen-bond donors (Lipinski definition) is 1. The molecule has 0 bridgehead atoms. The third kappa shape index (κ3) is 3.11. The second kappa shape index (κ2) is 6.75. The molecule has 2 N–H and O–H groups in total. The molecule has 3 rings (SSSR count). The summed E-state index contributed by atoms with van der Waals surface area (Å²) in [5.41, 5.74) is 6.42. The number of nitrogen functional groups attached to an aromatic ring is 1. The molecule has 2 aromatic heterocycles. The molecule has 0 spiro atoms. The smallest absolute Gasteiger partial charge is 0.320 e. The second-order valence-electron chi connectivity index (χ2n) is 4.98. The van der Waals surface area contributed by atoms with E-state index in [0.717, 1.165) is 0 Å². The summed E-state index contributed by atoms with van der Waals surface area (Å²) in [6, 6.07) is 3.75. The van der Waals surface area contributed by atoms with Crippen LogP contribution in [0.25, 0.3) is 11.2 Å². The van der Waals surface area contributed by atoms with Crippen LogP contribution in [0.4, 0.5) is 14.6 Å². The molecule has 126 valence electrons. The fraction of sp³-hybridized carbons (Fsp3) is 0.267. The summed E-state index contributed by atoms with van der Waals surface area (Å²) in [7, 11) is 1.54. The van der Waals surface area contributed by atoms with Gasteiger partial charge >= 0.3 is 6.01 Å². The van der Waals surface area contributed by atoms with E-state index in [0.29, 0.717) is 17.8 Å². The van der Waals surface area contributed by atoms with Crippen LogP contribution in [0.15, 0.2) is 24.5 Å². The van der Waals surface area contributed by atoms with Gasteiger partial charge in [-0.1, -0.05) is 6.07 Å². The molecule has 0 aliphatic carbocycles. The number of aromatic nitrogens is 4. The summed E-state index contributed by atoms with van der Waals surface area (Å²) in [6.45, 7) is 0.529. The van der Waals surface area contributed by atoms with Gasteiger partial charge in [-0.05, 0) is 12.1 Å². The number of nitrogens with two attached hydrogens (primary N) is 1. The van der Waals surface area contributed by atoms with Gasteiger partial charge in [-0.2, -0.15) is 9.97 Å². The van der Waals surface area contributed by atoms with E-state index in [9.17, 15) is 8.78 Å². The molecule has 0 radical (unpaired) electrons. The summed E-state index contributed by atoms with van der Waals surface area (Å²) in [6.07, 6.45) is 1.40. The number of nitrogens with zero attached hydrogens (tertiary/aromatic N) is 4. The molecule has 0 saturated heterocycles. The van der Waals surface area contributed by atoms with E-state index >= 15 is 0 Å². The Hall–Kier alpha value is -2.81. The zero-order chi connectivity index (χ0) is 17.1. The molecule has 9 heteroatoms. The van der Waals surface area contributed by atoms with Crippen molar-refractivity contribution < 1.29 is 18.3 Å². The van der Waals surface area contributed by atoms with Gasteiger partial charge in [-0.25, -0.2) is 13.8 Å². The maximum Gasteiger partial charge on any atom is 0.320 e. The van der Waals surface area contributed by atoms with Crippen molar-refractivity contribution in [3.63, 3.8) is 0 Å². The lowest BCUT2D eigenvalue weighted by Crippen LogP contribution is -2.09. The molecule has 0 aliphatic heterocycles. The molecule has 0 aliphatic rings. The fourth-order valence-corrected chi connectivity index (χ4v) is 2.20. The van der Waals surface area contributed by atoms with Gasteiger partial charge in [0.15, 0.2) is 17.0 Å². The Morgan fingerprint density at radius 3 is 2.62 bits per heavy atom. The van der Waals surface area contributed by atoms with E-state index in [1.807, 2.05) is 0 Å². The van der Waals surface area contributed by atoms with Gasteiger partial charge in [0.1, 0.15) is 18.2 Å². The van der Waals surface area contributed by atoms with Crippen LogP contribution in [0, 0.1) is 11.6 Å². The summed E-state index contributed by atoms with van der Waals surface area (Å²) in [5.74, 6) is -1.16. The Labute approximate surface area is 136 Å². The van der Waals surface area contributed by atoms with E-state index in [4.69, 9.17) is 15.2 Å². The predicted octanol–water partition coefficient (Wildman–Crippen LogP) is 1.76. The number of ether oxygens (including phenoxy) is 2. The Bertz CT molecular complexity index is 848. The van der Waals surface area contributed by atoms with Crippen molar-refractivity contribution in [2.45, 2.75) is 6.54 Å². The van der Waals surface area contributed by atoms with Crippen molar-refractivity contribution in [1.29, 1.82) is 0 Å². The number of hydrogen-bond acceptors (Lipinski definition) is 6. The first-order chi connectivity index (χ1) is 11.6. The number of fused-ring (bicyclic) bond motifs is 1. The molecule has 7 nitrogen and oxygen atoms in total. The molecule has 3 aromatic rings. The quantitative estimate of drug-likeness (QED) is 0.691. The minimum atomic E-state index is -0.643. The number of rotatable bonds is 6. The lowest BCUT2D eigenvalue weighted by atomic mass is 10.2. The summed E-state index contributed by atoms with van der Waals surface area (Å²) in [5, 5.41) is 0. The number of methoxy groups -OCH3 is 1. The van der Waals surface area contributed by atoms with Gasteiger partial charge < -0.3 is 19.8 Å². The highest BCUT2D eigenvalue weighted by Gasteiger charge is 2.15. The standard InChI is InChI=1S/C15H15F2N5O2/c1-23-5-6-24-15-20-13(18)12-14(21-15)22(8-19-12)7-9-10(16)3-2-4-11(9)17/h2-4,8H,5-7H2,1H3,(H2,18,20,21). The lowest BCUT2D eigenvalue weighted by Gasteiger charge is -2.08. The van der Waals surface area contributed by atoms with Crippen molar-refractivity contribution in [2.24, 2.45) is 0 Å². The summed E-state index contributed by atoms with van der Waals surface area (Å²) < 4.78 is 39.4. The topological polar surface area (TPSA) is 88.1 Å². The van der Waals surface area contributed by atoms with Gasteiger partial charge in [0.25, 0.3) is 0 Å². The first-order valence-corrected chi connectivity index (χ1v) is 7.13. The van der Waals surface area contributed by atoms with Gasteiger partial charge in [0.05, 0.1) is 19.5 Å². The molecule has 0 fully saturated rings. The van der Waals surface area contributed by atoms with Gasteiger partial charge in [-0.3, -0.25) is 0 Å². The van der Waals surface area contributed by atoms with Crippen LogP contribution >= 0.6 is 0 Å². The van der Waals surface area contributed by atoms with Gasteiger partial charge in [0.2, 0.25) is 0 Å². The first kappa shape index (κ1) is 16.1. The Kier molecular flexibility index (Phi) is 4.52. The van der Waals surface area contributed by atoms with E-state index in [1.165, 1.54) is 29.1 Å². The Morgan fingerprint density at radius 2 is 1.92 bits per heavy atom. The molecule has 0 unspecified atom stereocenters. The Balaban J connectivity index is 1.96. The molecule has 0 amide bonds. The first-order valence-electron chi connectivity index (χ1n) is 7.13. The van der Waals surface area contributed by atoms with Crippen LogP contribution in [0.3, 0.4) is 0 Å². The average molecular weight is 335 g/mol. The van der Waals surface area contributed by atoms with Crippen LogP contribution in [-0.2, 0) is 11.3 Å². The van der Waals surface area contributed by atoms with Crippen molar-refractivity contribution in [3.8, 4) is 6.01 Å². The number of halogens is 2. The summed E-state index contributed by atoms with van der Waals surface area (Å²) >= 11 is 0. The minimum absolute atomic E-state index is 0.0489. The maximum atomic E-state index is 13.8. The van der Waals surface area contributed by atoms with Crippen molar-refractivity contribution in [1.82, 2.24) is 19.5 Å².